The number of aromatic amines is 1. The predicted octanol–water partition coefficient (Wildman–Crippen LogP) is 2.90. The largest absolute Gasteiger partial charge is 0.457 e. The SMILES string of the molecule is Cc1[nH]c2cc(CCO)c(CCO)cc2c1C(=O)OCc1ccccc1. The first-order valence-electron chi connectivity index (χ1n) is 8.71. The van der Waals surface area contributed by atoms with E-state index in [0.717, 1.165) is 33.3 Å². The van der Waals surface area contributed by atoms with E-state index in [9.17, 15) is 15.0 Å². The number of carbonyl (C=O) groups excluding carboxylic acids is 1. The molecule has 3 rings (SSSR count). The van der Waals surface area contributed by atoms with Crippen LogP contribution < -0.4 is 0 Å². The lowest BCUT2D eigenvalue weighted by atomic mass is 9.98. The molecular weight excluding hydrogens is 330 g/mol. The minimum atomic E-state index is -0.373. The molecule has 3 N–H and O–H groups in total. The van der Waals surface area contributed by atoms with Gasteiger partial charge in [0.1, 0.15) is 6.61 Å². The van der Waals surface area contributed by atoms with Gasteiger partial charge in [0.15, 0.2) is 0 Å². The average Bonchev–Trinajstić information content (AvgIpc) is 2.96. The molecule has 0 aliphatic rings. The van der Waals surface area contributed by atoms with Crippen molar-refractivity contribution >= 4 is 16.9 Å². The summed E-state index contributed by atoms with van der Waals surface area (Å²) in [6.45, 7) is 2.12. The lowest BCUT2D eigenvalue weighted by Crippen LogP contribution is -2.07. The maximum absolute atomic E-state index is 12.7. The van der Waals surface area contributed by atoms with Crippen LogP contribution in [-0.2, 0) is 24.2 Å². The van der Waals surface area contributed by atoms with Crippen molar-refractivity contribution in [1.29, 1.82) is 0 Å². The molecule has 0 fully saturated rings. The predicted molar refractivity (Wildman–Crippen MR) is 100 cm³/mol. The summed E-state index contributed by atoms with van der Waals surface area (Å²) < 4.78 is 5.49. The van der Waals surface area contributed by atoms with Gasteiger partial charge in [-0.25, -0.2) is 4.79 Å². The number of H-pyrrole nitrogens is 1. The smallest absolute Gasteiger partial charge is 0.340 e. The van der Waals surface area contributed by atoms with Gasteiger partial charge in [0.25, 0.3) is 0 Å². The van der Waals surface area contributed by atoms with Crippen molar-refractivity contribution in [3.63, 3.8) is 0 Å². The van der Waals surface area contributed by atoms with Crippen molar-refractivity contribution in [3.05, 3.63) is 70.4 Å². The molecule has 0 bridgehead atoms. The van der Waals surface area contributed by atoms with Crippen LogP contribution in [0, 0.1) is 6.92 Å². The summed E-state index contributed by atoms with van der Waals surface area (Å²) in [5.74, 6) is -0.373. The van der Waals surface area contributed by atoms with Crippen LogP contribution in [0.1, 0.15) is 32.7 Å². The number of aliphatic hydroxyl groups excluding tert-OH is 2. The van der Waals surface area contributed by atoms with Gasteiger partial charge >= 0.3 is 5.97 Å². The molecule has 0 saturated heterocycles. The molecule has 0 saturated carbocycles. The average molecular weight is 353 g/mol. The van der Waals surface area contributed by atoms with Gasteiger partial charge in [0.2, 0.25) is 0 Å². The van der Waals surface area contributed by atoms with Crippen molar-refractivity contribution in [3.8, 4) is 0 Å². The van der Waals surface area contributed by atoms with E-state index in [1.807, 2.05) is 49.4 Å². The van der Waals surface area contributed by atoms with Crippen LogP contribution in [0.5, 0.6) is 0 Å². The molecule has 1 heterocycles. The van der Waals surface area contributed by atoms with Crippen molar-refractivity contribution in [2.75, 3.05) is 13.2 Å². The quantitative estimate of drug-likeness (QED) is 0.571. The number of hydrogen-bond acceptors (Lipinski definition) is 4. The number of benzene rings is 2. The maximum Gasteiger partial charge on any atom is 0.340 e. The number of aliphatic hydroxyl groups is 2. The molecule has 3 aromatic rings. The Bertz CT molecular complexity index is 899. The summed E-state index contributed by atoms with van der Waals surface area (Å²) >= 11 is 0. The van der Waals surface area contributed by atoms with Gasteiger partial charge in [-0.05, 0) is 48.6 Å². The van der Waals surface area contributed by atoms with E-state index in [2.05, 4.69) is 4.98 Å². The Kier molecular flexibility index (Phi) is 5.71. The van der Waals surface area contributed by atoms with E-state index in [1.54, 1.807) is 0 Å². The summed E-state index contributed by atoms with van der Waals surface area (Å²) in [5.41, 5.74) is 4.94. The van der Waals surface area contributed by atoms with Crippen LogP contribution in [0.2, 0.25) is 0 Å². The van der Waals surface area contributed by atoms with E-state index >= 15 is 0 Å². The molecule has 0 atom stereocenters. The fourth-order valence-corrected chi connectivity index (χ4v) is 3.23. The number of esters is 1. The van der Waals surface area contributed by atoms with Crippen molar-refractivity contribution < 1.29 is 19.7 Å². The zero-order valence-electron chi connectivity index (χ0n) is 14.8. The second-order valence-corrected chi connectivity index (χ2v) is 6.30. The van der Waals surface area contributed by atoms with Crippen LogP contribution >= 0.6 is 0 Å². The number of carbonyl (C=O) groups is 1. The lowest BCUT2D eigenvalue weighted by molar-refractivity contribution is 0.0474. The highest BCUT2D eigenvalue weighted by Gasteiger charge is 2.19. The van der Waals surface area contributed by atoms with Gasteiger partial charge < -0.3 is 19.9 Å². The highest BCUT2D eigenvalue weighted by atomic mass is 16.5. The van der Waals surface area contributed by atoms with Gasteiger partial charge in [-0.15, -0.1) is 0 Å². The van der Waals surface area contributed by atoms with E-state index in [-0.39, 0.29) is 25.8 Å². The second-order valence-electron chi connectivity index (χ2n) is 6.30. The summed E-state index contributed by atoms with van der Waals surface area (Å²) in [6, 6.07) is 13.4. The summed E-state index contributed by atoms with van der Waals surface area (Å²) in [5, 5.41) is 19.4. The minimum Gasteiger partial charge on any atom is -0.457 e. The van der Waals surface area contributed by atoms with Crippen molar-refractivity contribution in [2.24, 2.45) is 0 Å². The number of aromatic nitrogens is 1. The maximum atomic E-state index is 12.7. The highest BCUT2D eigenvalue weighted by molar-refractivity contribution is 6.06. The molecule has 2 aromatic carbocycles. The number of nitrogens with one attached hydrogen (secondary N) is 1. The molecule has 0 unspecified atom stereocenters. The fraction of sp³-hybridized carbons (Fsp3) is 0.286. The fourth-order valence-electron chi connectivity index (χ4n) is 3.23. The molecular formula is C21H23NO4. The third-order valence-corrected chi connectivity index (χ3v) is 4.49. The van der Waals surface area contributed by atoms with E-state index < -0.39 is 0 Å². The summed E-state index contributed by atoms with van der Waals surface area (Å²) in [7, 11) is 0. The van der Waals surface area contributed by atoms with Gasteiger partial charge in [-0.3, -0.25) is 0 Å². The molecule has 0 aliphatic heterocycles. The zero-order valence-corrected chi connectivity index (χ0v) is 14.8. The van der Waals surface area contributed by atoms with Crippen LogP contribution in [0.4, 0.5) is 0 Å². The number of aryl methyl sites for hydroxylation is 1. The highest BCUT2D eigenvalue weighted by Crippen LogP contribution is 2.27. The minimum absolute atomic E-state index is 0.0150. The normalized spacial score (nSPS) is 11.0. The van der Waals surface area contributed by atoms with Crippen molar-refractivity contribution in [1.82, 2.24) is 4.98 Å². The Morgan fingerprint density at radius 2 is 1.69 bits per heavy atom. The molecule has 5 heteroatoms. The number of rotatable bonds is 7. The Balaban J connectivity index is 1.93. The van der Waals surface area contributed by atoms with Crippen LogP contribution in [0.15, 0.2) is 42.5 Å². The molecule has 5 nitrogen and oxygen atoms in total. The van der Waals surface area contributed by atoms with Crippen LogP contribution in [-0.4, -0.2) is 34.4 Å². The molecule has 0 amide bonds. The first kappa shape index (κ1) is 18.2. The Labute approximate surface area is 152 Å². The lowest BCUT2D eigenvalue weighted by Gasteiger charge is -2.09. The zero-order chi connectivity index (χ0) is 18.5. The first-order chi connectivity index (χ1) is 12.6. The van der Waals surface area contributed by atoms with Crippen LogP contribution in [0.25, 0.3) is 10.9 Å². The van der Waals surface area contributed by atoms with Gasteiger partial charge in [0.05, 0.1) is 5.56 Å². The first-order valence-corrected chi connectivity index (χ1v) is 8.71. The van der Waals surface area contributed by atoms with E-state index in [1.165, 1.54) is 0 Å². The Morgan fingerprint density at radius 3 is 2.35 bits per heavy atom. The monoisotopic (exact) mass is 353 g/mol. The molecule has 1 aromatic heterocycles. The van der Waals surface area contributed by atoms with Gasteiger partial charge in [-0.1, -0.05) is 30.3 Å². The van der Waals surface area contributed by atoms with Crippen molar-refractivity contribution in [2.45, 2.75) is 26.4 Å². The van der Waals surface area contributed by atoms with Gasteiger partial charge in [0, 0.05) is 29.8 Å². The molecule has 26 heavy (non-hydrogen) atoms. The number of fused-ring (bicyclic) bond motifs is 1. The Hall–Kier alpha value is -2.63. The number of ether oxygens (including phenoxy) is 1. The number of hydrogen-bond donors (Lipinski definition) is 3. The summed E-state index contributed by atoms with van der Waals surface area (Å²) in [4.78, 5) is 15.9. The molecule has 0 spiro atoms. The standard InChI is InChI=1S/C21H23NO4/c1-14-20(21(25)26-13-15-5-3-2-4-6-15)18-11-16(7-9-23)17(8-10-24)12-19(18)22-14/h2-6,11-12,22-24H,7-10,13H2,1H3. The Morgan fingerprint density at radius 1 is 1.04 bits per heavy atom. The van der Waals surface area contributed by atoms with E-state index in [4.69, 9.17) is 4.74 Å². The third kappa shape index (κ3) is 3.79. The van der Waals surface area contributed by atoms with E-state index in [0.29, 0.717) is 18.4 Å². The van der Waals surface area contributed by atoms with Crippen LogP contribution in [0.3, 0.4) is 0 Å². The molecule has 136 valence electrons. The third-order valence-electron chi connectivity index (χ3n) is 4.49. The second kappa shape index (κ2) is 8.17. The van der Waals surface area contributed by atoms with Gasteiger partial charge in [-0.2, -0.15) is 0 Å². The molecule has 0 radical (unpaired) electrons. The summed E-state index contributed by atoms with van der Waals surface area (Å²) in [6.07, 6.45) is 0.991. The topological polar surface area (TPSA) is 82.5 Å². The molecule has 0 aliphatic carbocycles.